The van der Waals surface area contributed by atoms with E-state index >= 15 is 0 Å². The van der Waals surface area contributed by atoms with E-state index in [1.54, 1.807) is 30.9 Å². The molecule has 2 aromatic rings. The molecule has 0 aliphatic rings. The Morgan fingerprint density at radius 1 is 1.41 bits per heavy atom. The fourth-order valence-corrected chi connectivity index (χ4v) is 1.56. The van der Waals surface area contributed by atoms with Gasteiger partial charge in [-0.05, 0) is 30.7 Å². The number of amides is 1. The van der Waals surface area contributed by atoms with Crippen molar-refractivity contribution < 1.29 is 9.18 Å². The summed E-state index contributed by atoms with van der Waals surface area (Å²) in [5.74, 6) is -0.0237. The zero-order chi connectivity index (χ0) is 12.4. The monoisotopic (exact) mass is 233 g/mol. The molecule has 1 aromatic heterocycles. The molecule has 0 aliphatic carbocycles. The van der Waals surface area contributed by atoms with Crippen LogP contribution in [0.3, 0.4) is 0 Å². The van der Waals surface area contributed by atoms with Crippen LogP contribution < -0.4 is 5.32 Å². The van der Waals surface area contributed by atoms with Gasteiger partial charge in [0, 0.05) is 18.7 Å². The highest BCUT2D eigenvalue weighted by atomic mass is 19.1. The quantitative estimate of drug-likeness (QED) is 0.863. The number of nitrogens with one attached hydrogen (secondary N) is 1. The van der Waals surface area contributed by atoms with Crippen molar-refractivity contribution in [3.05, 3.63) is 47.4 Å². The topological polar surface area (TPSA) is 46.9 Å². The highest BCUT2D eigenvalue weighted by molar-refractivity contribution is 6.04. The number of nitrogens with zero attached hydrogens (tertiary/aromatic N) is 2. The van der Waals surface area contributed by atoms with E-state index in [0.717, 1.165) is 0 Å². The average molecular weight is 233 g/mol. The summed E-state index contributed by atoms with van der Waals surface area (Å²) in [5.41, 5.74) is 1.05. The number of anilines is 1. The number of rotatable bonds is 2. The summed E-state index contributed by atoms with van der Waals surface area (Å²) in [5, 5.41) is 6.65. The minimum absolute atomic E-state index is 0.272. The minimum Gasteiger partial charge on any atom is -0.307 e. The first-order chi connectivity index (χ1) is 8.08. The normalized spacial score (nSPS) is 10.3. The molecule has 17 heavy (non-hydrogen) atoms. The molecule has 0 radical (unpaired) electrons. The summed E-state index contributed by atoms with van der Waals surface area (Å²) < 4.78 is 14.5. The first-order valence-electron chi connectivity index (χ1n) is 5.13. The van der Waals surface area contributed by atoms with Crippen molar-refractivity contribution in [2.24, 2.45) is 7.05 Å². The molecule has 5 heteroatoms. The maximum atomic E-state index is 12.9. The van der Waals surface area contributed by atoms with Crippen molar-refractivity contribution in [2.45, 2.75) is 6.92 Å². The Morgan fingerprint density at radius 3 is 2.76 bits per heavy atom. The van der Waals surface area contributed by atoms with Crippen LogP contribution >= 0.6 is 0 Å². The smallest absolute Gasteiger partial charge is 0.257 e. The van der Waals surface area contributed by atoms with Gasteiger partial charge in [-0.1, -0.05) is 0 Å². The third-order valence-electron chi connectivity index (χ3n) is 2.50. The molecular weight excluding hydrogens is 221 g/mol. The minimum atomic E-state index is -0.348. The van der Waals surface area contributed by atoms with Crippen LogP contribution in [0.2, 0.25) is 0 Å². The Hall–Kier alpha value is -2.17. The van der Waals surface area contributed by atoms with E-state index in [2.05, 4.69) is 10.4 Å². The van der Waals surface area contributed by atoms with E-state index in [4.69, 9.17) is 0 Å². The van der Waals surface area contributed by atoms with Crippen LogP contribution in [-0.4, -0.2) is 15.7 Å². The van der Waals surface area contributed by atoms with E-state index in [-0.39, 0.29) is 11.7 Å². The first kappa shape index (κ1) is 11.3. The SMILES string of the molecule is Cc1cc(F)ccc1C(=O)Nc1ccnn1C. The number of aromatic nitrogens is 2. The standard InChI is InChI=1S/C12H12FN3O/c1-8-7-9(13)3-4-10(8)12(17)15-11-5-6-14-16(11)2/h3-7H,1-2H3,(H,15,17). The molecule has 2 rings (SSSR count). The molecule has 0 spiro atoms. The van der Waals surface area contributed by atoms with Gasteiger partial charge in [0.1, 0.15) is 11.6 Å². The van der Waals surface area contributed by atoms with Gasteiger partial charge >= 0.3 is 0 Å². The van der Waals surface area contributed by atoms with Gasteiger partial charge in [-0.2, -0.15) is 5.10 Å². The predicted molar refractivity (Wildman–Crippen MR) is 62.3 cm³/mol. The summed E-state index contributed by atoms with van der Waals surface area (Å²) in [6.07, 6.45) is 1.59. The third kappa shape index (κ3) is 2.33. The molecule has 4 nitrogen and oxygen atoms in total. The van der Waals surface area contributed by atoms with E-state index in [0.29, 0.717) is 16.9 Å². The summed E-state index contributed by atoms with van der Waals surface area (Å²) in [6.45, 7) is 1.70. The number of halogens is 1. The van der Waals surface area contributed by atoms with Crippen LogP contribution in [0.4, 0.5) is 10.2 Å². The number of carbonyl (C=O) groups excluding carboxylic acids is 1. The maximum Gasteiger partial charge on any atom is 0.257 e. The van der Waals surface area contributed by atoms with Crippen LogP contribution in [0.1, 0.15) is 15.9 Å². The van der Waals surface area contributed by atoms with Crippen molar-refractivity contribution in [1.82, 2.24) is 9.78 Å². The molecule has 0 unspecified atom stereocenters. The van der Waals surface area contributed by atoms with Gasteiger partial charge in [-0.3, -0.25) is 9.48 Å². The summed E-state index contributed by atoms with van der Waals surface area (Å²) in [7, 11) is 1.73. The molecule has 0 saturated carbocycles. The van der Waals surface area contributed by atoms with E-state index < -0.39 is 0 Å². The second kappa shape index (κ2) is 4.37. The van der Waals surface area contributed by atoms with Crippen LogP contribution in [0.15, 0.2) is 30.5 Å². The molecule has 0 aliphatic heterocycles. The lowest BCUT2D eigenvalue weighted by atomic mass is 10.1. The maximum absolute atomic E-state index is 12.9. The van der Waals surface area contributed by atoms with Crippen LogP contribution in [0, 0.1) is 12.7 Å². The van der Waals surface area contributed by atoms with Crippen LogP contribution in [0.25, 0.3) is 0 Å². The Bertz CT molecular complexity index is 563. The highest BCUT2D eigenvalue weighted by Crippen LogP contribution is 2.13. The molecular formula is C12H12FN3O. The van der Waals surface area contributed by atoms with Crippen molar-refractivity contribution >= 4 is 11.7 Å². The fraction of sp³-hybridized carbons (Fsp3) is 0.167. The van der Waals surface area contributed by atoms with Gasteiger partial charge in [0.25, 0.3) is 5.91 Å². The number of hydrogen-bond acceptors (Lipinski definition) is 2. The lowest BCUT2D eigenvalue weighted by Gasteiger charge is -2.07. The number of carbonyl (C=O) groups is 1. The third-order valence-corrected chi connectivity index (χ3v) is 2.50. The summed E-state index contributed by atoms with van der Waals surface area (Å²) in [6, 6.07) is 5.76. The van der Waals surface area contributed by atoms with Gasteiger partial charge < -0.3 is 5.32 Å². The summed E-state index contributed by atoms with van der Waals surface area (Å²) >= 11 is 0. The fourth-order valence-electron chi connectivity index (χ4n) is 1.56. The molecule has 1 aromatic carbocycles. The highest BCUT2D eigenvalue weighted by Gasteiger charge is 2.11. The zero-order valence-electron chi connectivity index (χ0n) is 9.57. The van der Waals surface area contributed by atoms with E-state index in [1.165, 1.54) is 18.2 Å². The van der Waals surface area contributed by atoms with E-state index in [1.807, 2.05) is 0 Å². The van der Waals surface area contributed by atoms with Gasteiger partial charge in [0.2, 0.25) is 0 Å². The Morgan fingerprint density at radius 2 is 2.18 bits per heavy atom. The molecule has 0 bridgehead atoms. The molecule has 0 saturated heterocycles. The lowest BCUT2D eigenvalue weighted by molar-refractivity contribution is 0.102. The Kier molecular flexibility index (Phi) is 2.91. The lowest BCUT2D eigenvalue weighted by Crippen LogP contribution is -2.15. The second-order valence-corrected chi connectivity index (χ2v) is 3.75. The van der Waals surface area contributed by atoms with Gasteiger partial charge in [0.05, 0.1) is 6.20 Å². The van der Waals surface area contributed by atoms with Crippen molar-refractivity contribution in [3.8, 4) is 0 Å². The largest absolute Gasteiger partial charge is 0.307 e. The Balaban J connectivity index is 2.23. The molecule has 1 N–H and O–H groups in total. The number of benzene rings is 1. The number of aryl methyl sites for hydroxylation is 2. The molecule has 1 amide bonds. The Labute approximate surface area is 98.1 Å². The van der Waals surface area contributed by atoms with Crippen LogP contribution in [-0.2, 0) is 7.05 Å². The molecule has 88 valence electrons. The summed E-state index contributed by atoms with van der Waals surface area (Å²) in [4.78, 5) is 11.9. The molecule has 1 heterocycles. The second-order valence-electron chi connectivity index (χ2n) is 3.75. The van der Waals surface area contributed by atoms with Crippen molar-refractivity contribution in [2.75, 3.05) is 5.32 Å². The van der Waals surface area contributed by atoms with Gasteiger partial charge in [-0.25, -0.2) is 4.39 Å². The van der Waals surface area contributed by atoms with E-state index in [9.17, 15) is 9.18 Å². The predicted octanol–water partition coefficient (Wildman–Crippen LogP) is 2.12. The van der Waals surface area contributed by atoms with Crippen LogP contribution in [0.5, 0.6) is 0 Å². The average Bonchev–Trinajstić information content (AvgIpc) is 2.64. The molecule has 0 atom stereocenters. The van der Waals surface area contributed by atoms with Crippen molar-refractivity contribution in [3.63, 3.8) is 0 Å². The van der Waals surface area contributed by atoms with Crippen molar-refractivity contribution in [1.29, 1.82) is 0 Å². The number of hydrogen-bond donors (Lipinski definition) is 1. The first-order valence-corrected chi connectivity index (χ1v) is 5.13. The molecule has 0 fully saturated rings. The zero-order valence-corrected chi connectivity index (χ0v) is 9.57. The van der Waals surface area contributed by atoms with Gasteiger partial charge in [0.15, 0.2) is 0 Å². The van der Waals surface area contributed by atoms with Gasteiger partial charge in [-0.15, -0.1) is 0 Å².